The Kier molecular flexibility index (Phi) is 3.37. The molecule has 0 unspecified atom stereocenters. The summed E-state index contributed by atoms with van der Waals surface area (Å²) >= 11 is 1.74. The number of nitrogens with two attached hydrogens (primary N) is 1. The predicted octanol–water partition coefficient (Wildman–Crippen LogP) is 3.73. The van der Waals surface area contributed by atoms with Gasteiger partial charge in [-0.15, -0.1) is 11.8 Å². The van der Waals surface area contributed by atoms with Gasteiger partial charge in [0.05, 0.1) is 0 Å². The van der Waals surface area contributed by atoms with Gasteiger partial charge in [0.1, 0.15) is 0 Å². The van der Waals surface area contributed by atoms with Crippen molar-refractivity contribution in [3.63, 3.8) is 0 Å². The van der Waals surface area contributed by atoms with Crippen LogP contribution in [-0.2, 0) is 0 Å². The molecule has 0 saturated heterocycles. The smallest absolute Gasteiger partial charge is 0.0385 e. The van der Waals surface area contributed by atoms with Gasteiger partial charge < -0.3 is 11.1 Å². The monoisotopic (exact) mass is 230 g/mol. The quantitative estimate of drug-likeness (QED) is 0.623. The summed E-state index contributed by atoms with van der Waals surface area (Å²) in [5, 5.41) is 3.32. The van der Waals surface area contributed by atoms with Gasteiger partial charge in [-0.25, -0.2) is 0 Å². The van der Waals surface area contributed by atoms with Crippen LogP contribution in [0, 0.1) is 0 Å². The Labute approximate surface area is 99.9 Å². The van der Waals surface area contributed by atoms with E-state index in [-0.39, 0.29) is 0 Å². The van der Waals surface area contributed by atoms with E-state index in [0.717, 1.165) is 17.1 Å². The molecule has 0 saturated carbocycles. The van der Waals surface area contributed by atoms with Gasteiger partial charge in [-0.2, -0.15) is 0 Å². The van der Waals surface area contributed by atoms with Gasteiger partial charge in [-0.3, -0.25) is 0 Å². The van der Waals surface area contributed by atoms with E-state index in [1.165, 1.54) is 4.90 Å². The normalized spacial score (nSPS) is 10.1. The molecule has 0 aliphatic carbocycles. The fraction of sp³-hybridized carbons (Fsp3) is 0.0769. The summed E-state index contributed by atoms with van der Waals surface area (Å²) in [6.45, 7) is 0. The highest BCUT2D eigenvalue weighted by Crippen LogP contribution is 2.21. The summed E-state index contributed by atoms with van der Waals surface area (Å²) in [4.78, 5) is 1.27. The van der Waals surface area contributed by atoms with Crippen LogP contribution in [0.2, 0.25) is 0 Å². The minimum atomic E-state index is 0.781. The maximum Gasteiger partial charge on any atom is 0.0385 e. The Balaban J connectivity index is 2.11. The molecule has 2 aromatic rings. The molecule has 2 nitrogen and oxygen atoms in total. The lowest BCUT2D eigenvalue weighted by molar-refractivity contribution is 1.44. The van der Waals surface area contributed by atoms with Crippen molar-refractivity contribution in [3.8, 4) is 0 Å². The van der Waals surface area contributed by atoms with Gasteiger partial charge in [0.25, 0.3) is 0 Å². The number of hydrogen-bond donors (Lipinski definition) is 2. The molecule has 3 heteroatoms. The lowest BCUT2D eigenvalue weighted by Gasteiger charge is -2.07. The molecule has 82 valence electrons. The molecule has 16 heavy (non-hydrogen) atoms. The van der Waals surface area contributed by atoms with Crippen molar-refractivity contribution in [3.05, 3.63) is 48.5 Å². The van der Waals surface area contributed by atoms with Crippen LogP contribution in [0.15, 0.2) is 53.4 Å². The van der Waals surface area contributed by atoms with Gasteiger partial charge in [0.2, 0.25) is 0 Å². The molecular formula is C13H14N2S. The SMILES string of the molecule is CSc1ccc(Nc2ccc(N)cc2)cc1. The maximum atomic E-state index is 5.63. The van der Waals surface area contributed by atoms with E-state index >= 15 is 0 Å². The number of benzene rings is 2. The second-order valence-electron chi connectivity index (χ2n) is 3.48. The van der Waals surface area contributed by atoms with Gasteiger partial charge in [-0.1, -0.05) is 0 Å². The van der Waals surface area contributed by atoms with E-state index in [1.54, 1.807) is 11.8 Å². The fourth-order valence-electron chi connectivity index (χ4n) is 1.41. The minimum absolute atomic E-state index is 0.781. The molecule has 3 N–H and O–H groups in total. The zero-order valence-corrected chi connectivity index (χ0v) is 9.92. The fourth-order valence-corrected chi connectivity index (χ4v) is 1.82. The minimum Gasteiger partial charge on any atom is -0.399 e. The molecule has 0 bridgehead atoms. The molecule has 0 aliphatic heterocycles. The Morgan fingerprint density at radius 3 is 1.88 bits per heavy atom. The van der Waals surface area contributed by atoms with Crippen LogP contribution in [0.5, 0.6) is 0 Å². The summed E-state index contributed by atoms with van der Waals surface area (Å²) in [6.07, 6.45) is 2.07. The summed E-state index contributed by atoms with van der Waals surface area (Å²) in [7, 11) is 0. The average molecular weight is 230 g/mol. The summed E-state index contributed by atoms with van der Waals surface area (Å²) < 4.78 is 0. The lowest BCUT2D eigenvalue weighted by Crippen LogP contribution is -1.90. The molecule has 0 fully saturated rings. The van der Waals surface area contributed by atoms with E-state index in [0.29, 0.717) is 0 Å². The topological polar surface area (TPSA) is 38.0 Å². The maximum absolute atomic E-state index is 5.63. The number of anilines is 3. The molecule has 0 radical (unpaired) electrons. The first-order valence-electron chi connectivity index (χ1n) is 5.04. The van der Waals surface area contributed by atoms with Crippen molar-refractivity contribution >= 4 is 28.8 Å². The number of nitrogen functional groups attached to an aromatic ring is 1. The molecule has 0 aliphatic rings. The molecule has 0 amide bonds. The van der Waals surface area contributed by atoms with Crippen molar-refractivity contribution < 1.29 is 0 Å². The Hall–Kier alpha value is -1.61. The lowest BCUT2D eigenvalue weighted by atomic mass is 10.2. The van der Waals surface area contributed by atoms with Crippen molar-refractivity contribution in [1.82, 2.24) is 0 Å². The third-order valence-electron chi connectivity index (χ3n) is 2.29. The number of nitrogens with one attached hydrogen (secondary N) is 1. The first-order valence-corrected chi connectivity index (χ1v) is 6.27. The largest absolute Gasteiger partial charge is 0.399 e. The van der Waals surface area contributed by atoms with E-state index in [1.807, 2.05) is 24.3 Å². The molecule has 0 spiro atoms. The van der Waals surface area contributed by atoms with E-state index in [9.17, 15) is 0 Å². The van der Waals surface area contributed by atoms with E-state index < -0.39 is 0 Å². The predicted molar refractivity (Wildman–Crippen MR) is 72.4 cm³/mol. The van der Waals surface area contributed by atoms with E-state index in [2.05, 4.69) is 35.8 Å². The first-order chi connectivity index (χ1) is 7.78. The van der Waals surface area contributed by atoms with Crippen molar-refractivity contribution in [2.45, 2.75) is 4.90 Å². The zero-order chi connectivity index (χ0) is 11.4. The van der Waals surface area contributed by atoms with Crippen LogP contribution in [0.4, 0.5) is 17.1 Å². The third kappa shape index (κ3) is 2.70. The highest BCUT2D eigenvalue weighted by Gasteiger charge is 1.95. The number of hydrogen-bond acceptors (Lipinski definition) is 3. The summed E-state index contributed by atoms with van der Waals surface area (Å²) in [5.41, 5.74) is 8.54. The molecule has 2 rings (SSSR count). The van der Waals surface area contributed by atoms with Crippen LogP contribution in [0.3, 0.4) is 0 Å². The van der Waals surface area contributed by atoms with Crippen LogP contribution >= 0.6 is 11.8 Å². The standard InChI is InChI=1S/C13H14N2S/c1-16-13-8-6-12(7-9-13)15-11-4-2-10(14)3-5-11/h2-9,15H,14H2,1H3. The van der Waals surface area contributed by atoms with Crippen LogP contribution in [0.1, 0.15) is 0 Å². The number of rotatable bonds is 3. The van der Waals surface area contributed by atoms with Gasteiger partial charge in [-0.05, 0) is 54.8 Å². The highest BCUT2D eigenvalue weighted by molar-refractivity contribution is 7.98. The third-order valence-corrected chi connectivity index (χ3v) is 3.03. The molecule has 0 aromatic heterocycles. The zero-order valence-electron chi connectivity index (χ0n) is 9.10. The Morgan fingerprint density at radius 2 is 1.38 bits per heavy atom. The second kappa shape index (κ2) is 4.94. The highest BCUT2D eigenvalue weighted by atomic mass is 32.2. The molecular weight excluding hydrogens is 216 g/mol. The van der Waals surface area contributed by atoms with Gasteiger partial charge in [0, 0.05) is 22.0 Å². The molecule has 0 heterocycles. The average Bonchev–Trinajstić information content (AvgIpc) is 2.33. The van der Waals surface area contributed by atoms with Crippen molar-refractivity contribution in [2.75, 3.05) is 17.3 Å². The van der Waals surface area contributed by atoms with Crippen LogP contribution in [0.25, 0.3) is 0 Å². The van der Waals surface area contributed by atoms with E-state index in [4.69, 9.17) is 5.73 Å². The van der Waals surface area contributed by atoms with Gasteiger partial charge in [0.15, 0.2) is 0 Å². The first kappa shape index (κ1) is 10.9. The Morgan fingerprint density at radius 1 is 0.875 bits per heavy atom. The second-order valence-corrected chi connectivity index (χ2v) is 4.36. The number of thioether (sulfide) groups is 1. The molecule has 0 atom stereocenters. The van der Waals surface area contributed by atoms with Crippen LogP contribution < -0.4 is 11.1 Å². The van der Waals surface area contributed by atoms with Crippen LogP contribution in [-0.4, -0.2) is 6.26 Å². The Bertz CT molecular complexity index is 448. The summed E-state index contributed by atoms with van der Waals surface area (Å²) in [6, 6.07) is 16.1. The molecule has 2 aromatic carbocycles. The van der Waals surface area contributed by atoms with Crippen molar-refractivity contribution in [2.24, 2.45) is 0 Å². The summed E-state index contributed by atoms with van der Waals surface area (Å²) in [5.74, 6) is 0. The van der Waals surface area contributed by atoms with Crippen molar-refractivity contribution in [1.29, 1.82) is 0 Å². The van der Waals surface area contributed by atoms with Gasteiger partial charge >= 0.3 is 0 Å².